The molecule has 0 aliphatic carbocycles. The van der Waals surface area contributed by atoms with Crippen LogP contribution in [0.3, 0.4) is 0 Å². The van der Waals surface area contributed by atoms with Gasteiger partial charge in [0.25, 0.3) is 0 Å². The molecule has 4 rings (SSSR count). The number of hydrogen-bond donors (Lipinski definition) is 2. The van der Waals surface area contributed by atoms with Gasteiger partial charge in [-0.1, -0.05) is 22.8 Å². The van der Waals surface area contributed by atoms with Crippen LogP contribution < -0.4 is 9.46 Å². The van der Waals surface area contributed by atoms with Crippen molar-refractivity contribution in [1.29, 1.82) is 0 Å². The number of fused-ring (bicyclic) bond motifs is 1. The Kier molecular flexibility index (Phi) is 6.74. The summed E-state index contributed by atoms with van der Waals surface area (Å²) in [7, 11) is -3.91. The van der Waals surface area contributed by atoms with E-state index in [2.05, 4.69) is 19.9 Å². The maximum Gasteiger partial charge on any atom is 0.322 e. The number of carbonyl (C=O) groups is 1. The molecule has 0 spiro atoms. The van der Waals surface area contributed by atoms with Gasteiger partial charge >= 0.3 is 6.01 Å². The average molecular weight is 502 g/mol. The molecule has 0 unspecified atom stereocenters. The Morgan fingerprint density at radius 3 is 2.71 bits per heavy atom. The monoisotopic (exact) mass is 501 g/mol. The summed E-state index contributed by atoms with van der Waals surface area (Å²) in [4.78, 5) is 14.5. The molecule has 0 fully saturated rings. The molecule has 4 aromatic rings. The molecule has 1 atom stereocenters. The van der Waals surface area contributed by atoms with Crippen molar-refractivity contribution in [2.24, 2.45) is 0 Å². The van der Waals surface area contributed by atoms with Gasteiger partial charge in [0.1, 0.15) is 11.5 Å². The fourth-order valence-corrected chi connectivity index (χ4v) is 5.19. The van der Waals surface area contributed by atoms with Crippen LogP contribution >= 0.6 is 11.6 Å². The van der Waals surface area contributed by atoms with Gasteiger partial charge in [0.15, 0.2) is 5.82 Å². The number of rotatable bonds is 9. The summed E-state index contributed by atoms with van der Waals surface area (Å²) >= 11 is 6.20. The number of aromatic amines is 1. The van der Waals surface area contributed by atoms with E-state index < -0.39 is 16.1 Å². The highest BCUT2D eigenvalue weighted by Crippen LogP contribution is 2.27. The van der Waals surface area contributed by atoms with E-state index in [1.807, 2.05) is 37.4 Å². The first-order valence-electron chi connectivity index (χ1n) is 10.7. The van der Waals surface area contributed by atoms with Gasteiger partial charge in [-0.15, -0.1) is 5.10 Å². The minimum atomic E-state index is -3.91. The van der Waals surface area contributed by atoms with Crippen molar-refractivity contribution in [2.45, 2.75) is 44.7 Å². The Morgan fingerprint density at radius 2 is 2.00 bits per heavy atom. The number of ketones is 1. The molecule has 0 aliphatic heterocycles. The highest BCUT2D eigenvalue weighted by molar-refractivity contribution is 7.89. The van der Waals surface area contributed by atoms with E-state index in [1.54, 1.807) is 17.6 Å². The number of hydrogen-bond acceptors (Lipinski definition) is 6. The maximum absolute atomic E-state index is 13.0. The number of aromatic nitrogens is 4. The second-order valence-corrected chi connectivity index (χ2v) is 10.0. The molecule has 178 valence electrons. The topological polar surface area (TPSA) is 119 Å². The number of nitrogens with one attached hydrogen (secondary N) is 2. The molecule has 34 heavy (non-hydrogen) atoms. The normalized spacial score (nSPS) is 12.7. The van der Waals surface area contributed by atoms with E-state index in [4.69, 9.17) is 16.3 Å². The van der Waals surface area contributed by atoms with Crippen molar-refractivity contribution >= 4 is 38.3 Å². The minimum Gasteiger partial charge on any atom is -0.424 e. The summed E-state index contributed by atoms with van der Waals surface area (Å²) in [5, 5.41) is 9.56. The molecule has 11 heteroatoms. The lowest BCUT2D eigenvalue weighted by molar-refractivity contribution is -0.116. The summed E-state index contributed by atoms with van der Waals surface area (Å²) < 4.78 is 36.2. The van der Waals surface area contributed by atoms with Gasteiger partial charge in [-0.05, 0) is 62.1 Å². The first kappa shape index (κ1) is 23.9. The zero-order chi connectivity index (χ0) is 24.5. The van der Waals surface area contributed by atoms with Crippen molar-refractivity contribution in [3.63, 3.8) is 0 Å². The maximum atomic E-state index is 13.0. The lowest BCUT2D eigenvalue weighted by Gasteiger charge is -2.16. The van der Waals surface area contributed by atoms with Crippen LogP contribution in [0.1, 0.15) is 38.2 Å². The highest BCUT2D eigenvalue weighted by Gasteiger charge is 2.25. The smallest absolute Gasteiger partial charge is 0.322 e. The quantitative estimate of drug-likeness (QED) is 0.351. The fraction of sp³-hybridized carbons (Fsp3) is 0.261. The fourth-order valence-electron chi connectivity index (χ4n) is 3.65. The molecule has 0 amide bonds. The number of nitrogens with zero attached hydrogens (tertiary/aromatic N) is 3. The second kappa shape index (κ2) is 9.57. The van der Waals surface area contributed by atoms with Gasteiger partial charge in [-0.3, -0.25) is 9.36 Å². The number of sulfonamides is 1. The first-order valence-corrected chi connectivity index (χ1v) is 12.5. The van der Waals surface area contributed by atoms with Crippen molar-refractivity contribution in [1.82, 2.24) is 24.5 Å². The van der Waals surface area contributed by atoms with Crippen molar-refractivity contribution in [2.75, 3.05) is 0 Å². The predicted molar refractivity (Wildman–Crippen MR) is 129 cm³/mol. The molecule has 0 bridgehead atoms. The van der Waals surface area contributed by atoms with E-state index in [0.717, 1.165) is 10.9 Å². The van der Waals surface area contributed by atoms with Crippen molar-refractivity contribution in [3.05, 3.63) is 65.1 Å². The first-order chi connectivity index (χ1) is 16.2. The van der Waals surface area contributed by atoms with E-state index >= 15 is 0 Å². The number of Topliss-reactive ketones (excluding diaryl/α,β-unsaturated/α-hetero) is 1. The Labute approximate surface area is 202 Å². The van der Waals surface area contributed by atoms with Gasteiger partial charge in [-0.2, -0.15) is 0 Å². The third-order valence-electron chi connectivity index (χ3n) is 5.29. The molecular formula is C23H24ClN5O4S. The van der Waals surface area contributed by atoms with Crippen LogP contribution in [-0.2, 0) is 27.8 Å². The zero-order valence-corrected chi connectivity index (χ0v) is 20.4. The number of carbonyl (C=O) groups excluding carboxylic acids is 1. The van der Waals surface area contributed by atoms with E-state index in [9.17, 15) is 13.2 Å². The molecule has 2 N–H and O–H groups in total. The molecule has 0 radical (unpaired) electrons. The second-order valence-electron chi connectivity index (χ2n) is 7.89. The van der Waals surface area contributed by atoms with Gasteiger partial charge in [0.2, 0.25) is 10.0 Å². The Morgan fingerprint density at radius 1 is 1.21 bits per heavy atom. The van der Waals surface area contributed by atoms with Crippen LogP contribution in [0, 0.1) is 0 Å². The Hall–Kier alpha value is -3.21. The highest BCUT2D eigenvalue weighted by atomic mass is 35.5. The average Bonchev–Trinajstić information content (AvgIpc) is 3.40. The Bertz CT molecular complexity index is 1460. The lowest BCUT2D eigenvalue weighted by Crippen LogP contribution is -2.29. The summed E-state index contributed by atoms with van der Waals surface area (Å²) in [5.41, 5.74) is 1.50. The van der Waals surface area contributed by atoms with E-state index in [0.29, 0.717) is 23.7 Å². The predicted octanol–water partition coefficient (Wildman–Crippen LogP) is 4.40. The molecule has 0 aliphatic rings. The number of halogens is 1. The lowest BCUT2D eigenvalue weighted by atomic mass is 10.1. The molecular weight excluding hydrogens is 478 g/mol. The minimum absolute atomic E-state index is 0.00469. The van der Waals surface area contributed by atoms with Crippen LogP contribution in [0.15, 0.2) is 53.6 Å². The van der Waals surface area contributed by atoms with Crippen LogP contribution in [0.25, 0.3) is 10.9 Å². The van der Waals surface area contributed by atoms with Gasteiger partial charge < -0.3 is 9.72 Å². The zero-order valence-electron chi connectivity index (χ0n) is 18.9. The van der Waals surface area contributed by atoms with Gasteiger partial charge in [0.05, 0.1) is 10.9 Å². The standard InChI is InChI=1S/C23H24ClN5O4S/c1-4-29-22(26-27-23(29)33-18-7-5-16-9-10-25-21(16)12-18)15(3)28-34(31,32)19-8-6-17(11-14(2)30)20(24)13-19/h5-10,12-13,15,25,28H,4,11H2,1-3H3/t15-/m1/s1. The van der Waals surface area contributed by atoms with Crippen LogP contribution in [0.2, 0.25) is 5.02 Å². The summed E-state index contributed by atoms with van der Waals surface area (Å²) in [5.74, 6) is 0.924. The summed E-state index contributed by atoms with van der Waals surface area (Å²) in [6.45, 7) is 5.49. The Balaban J connectivity index is 1.54. The molecule has 2 aromatic heterocycles. The van der Waals surface area contributed by atoms with E-state index in [1.165, 1.54) is 19.1 Å². The number of ether oxygens (including phenoxy) is 1. The molecule has 0 saturated carbocycles. The van der Waals surface area contributed by atoms with Crippen LogP contribution in [-0.4, -0.2) is 33.9 Å². The van der Waals surface area contributed by atoms with E-state index in [-0.39, 0.29) is 28.1 Å². The molecule has 9 nitrogen and oxygen atoms in total. The van der Waals surface area contributed by atoms with Crippen LogP contribution in [0.4, 0.5) is 0 Å². The van der Waals surface area contributed by atoms with Crippen molar-refractivity contribution < 1.29 is 17.9 Å². The molecule has 0 saturated heterocycles. The SMILES string of the molecule is CCn1c(Oc2ccc3cc[nH]c3c2)nnc1[C@@H](C)NS(=O)(=O)c1ccc(CC(C)=O)c(Cl)c1. The van der Waals surface area contributed by atoms with Gasteiger partial charge in [-0.25, -0.2) is 13.1 Å². The molecule has 2 aromatic carbocycles. The largest absolute Gasteiger partial charge is 0.424 e. The number of H-pyrrole nitrogens is 1. The molecule has 2 heterocycles. The van der Waals surface area contributed by atoms with Crippen molar-refractivity contribution in [3.8, 4) is 11.8 Å². The number of benzene rings is 2. The third-order valence-corrected chi connectivity index (χ3v) is 7.18. The van der Waals surface area contributed by atoms with Crippen LogP contribution in [0.5, 0.6) is 11.8 Å². The summed E-state index contributed by atoms with van der Waals surface area (Å²) in [6, 6.07) is 11.4. The van der Waals surface area contributed by atoms with Gasteiger partial charge in [0, 0.05) is 35.8 Å². The summed E-state index contributed by atoms with van der Waals surface area (Å²) in [6.07, 6.45) is 1.99. The third kappa shape index (κ3) is 4.98.